The molecule has 0 amide bonds. The van der Waals surface area contributed by atoms with Crippen molar-refractivity contribution in [2.24, 2.45) is 17.3 Å². The van der Waals surface area contributed by atoms with Gasteiger partial charge in [0, 0.05) is 5.92 Å². The smallest absolute Gasteiger partial charge is 0.303 e. The van der Waals surface area contributed by atoms with Gasteiger partial charge in [-0.05, 0) is 30.6 Å². The normalized spacial score (nSPS) is 19.1. The van der Waals surface area contributed by atoms with E-state index in [-0.39, 0.29) is 37.6 Å². The maximum absolute atomic E-state index is 12.1. The Morgan fingerprint density at radius 3 is 1.28 bits per heavy atom. The Morgan fingerprint density at radius 2 is 0.923 bits per heavy atom. The first-order valence-electron chi connectivity index (χ1n) is 12.2. The molecule has 0 saturated carbocycles. The van der Waals surface area contributed by atoms with E-state index in [2.05, 4.69) is 9.05 Å². The summed E-state index contributed by atoms with van der Waals surface area (Å²) in [5.41, 5.74) is 0.0164. The van der Waals surface area contributed by atoms with Gasteiger partial charge in [-0.1, -0.05) is 41.0 Å². The van der Waals surface area contributed by atoms with E-state index in [0.29, 0.717) is 6.42 Å². The Balaban J connectivity index is 4.36. The van der Waals surface area contributed by atoms with Crippen LogP contribution < -0.4 is 0 Å². The van der Waals surface area contributed by atoms with Crippen molar-refractivity contribution in [2.45, 2.75) is 60.3 Å². The van der Waals surface area contributed by atoms with Crippen LogP contribution in [0.3, 0.4) is 0 Å². The highest BCUT2D eigenvalue weighted by molar-refractivity contribution is 7.48. The zero-order valence-corrected chi connectivity index (χ0v) is 26.5. The summed E-state index contributed by atoms with van der Waals surface area (Å²) in [6, 6.07) is 0. The highest BCUT2D eigenvalue weighted by Gasteiger charge is 2.28. The molecule has 39 heavy (non-hydrogen) atoms. The fraction of sp³-hybridized carbons (Fsp3) is 1.00. The molecule has 0 radical (unpaired) electrons. The van der Waals surface area contributed by atoms with E-state index in [4.69, 9.17) is 32.4 Å². The van der Waals surface area contributed by atoms with Crippen LogP contribution in [-0.2, 0) is 49.9 Å². The van der Waals surface area contributed by atoms with Crippen LogP contribution in [0.25, 0.3) is 0 Å². The molecule has 0 aliphatic carbocycles. The minimum Gasteiger partial charge on any atom is -0.303 e. The van der Waals surface area contributed by atoms with Gasteiger partial charge in [0.25, 0.3) is 0 Å². The van der Waals surface area contributed by atoms with Gasteiger partial charge < -0.3 is 24.5 Å². The van der Waals surface area contributed by atoms with Crippen molar-refractivity contribution >= 4 is 31.3 Å². The molecule has 0 aliphatic heterocycles. The Bertz CT molecular complexity index is 872. The van der Waals surface area contributed by atoms with Crippen molar-refractivity contribution in [1.29, 1.82) is 0 Å². The summed E-state index contributed by atoms with van der Waals surface area (Å²) in [5, 5.41) is 0. The van der Waals surface area contributed by atoms with Gasteiger partial charge in [-0.2, -0.15) is 0 Å². The second kappa shape index (κ2) is 18.2. The zero-order valence-electron chi connectivity index (χ0n) is 22.9. The summed E-state index contributed by atoms with van der Waals surface area (Å²) in [6.07, 6.45) is 1.75. The number of phosphoric acid groups is 4. The van der Waals surface area contributed by atoms with Gasteiger partial charge in [0.05, 0.1) is 46.2 Å². The lowest BCUT2D eigenvalue weighted by atomic mass is 9.84. The van der Waals surface area contributed by atoms with E-state index in [1.807, 2.05) is 27.7 Å². The third kappa shape index (κ3) is 23.7. The summed E-state index contributed by atoms with van der Waals surface area (Å²) in [4.78, 5) is 46.4. The van der Waals surface area contributed by atoms with Crippen LogP contribution in [0.15, 0.2) is 0 Å². The lowest BCUT2D eigenvalue weighted by Crippen LogP contribution is -2.17. The van der Waals surface area contributed by atoms with Gasteiger partial charge in [-0.3, -0.25) is 31.7 Å². The van der Waals surface area contributed by atoms with Crippen LogP contribution in [0.2, 0.25) is 0 Å². The molecular weight excluding hydrogens is 608 g/mol. The van der Waals surface area contributed by atoms with Gasteiger partial charge in [0.2, 0.25) is 0 Å². The van der Waals surface area contributed by atoms with Crippen LogP contribution in [0.1, 0.15) is 60.3 Å². The molecule has 0 aromatic carbocycles. The van der Waals surface area contributed by atoms with Crippen molar-refractivity contribution in [2.75, 3.05) is 46.2 Å². The SMILES string of the molecule is CCC(COP(=O)(O)OCCCOP(=O)(O)O)COP(=O)(O)OCCOP(=O)(O)OCC(CC)CC(C)(C)C. The molecular formula is C19H44O16P4. The first-order valence-corrected chi connectivity index (χ1v) is 18.3. The molecule has 236 valence electrons. The number of hydrogen-bond acceptors (Lipinski definition) is 11. The lowest BCUT2D eigenvalue weighted by Gasteiger charge is -2.25. The molecule has 0 heterocycles. The second-order valence-corrected chi connectivity index (χ2v) is 15.4. The quantitative estimate of drug-likeness (QED) is 0.0761. The monoisotopic (exact) mass is 652 g/mol. The number of hydrogen-bond donors (Lipinski definition) is 5. The zero-order chi connectivity index (χ0) is 30.4. The van der Waals surface area contributed by atoms with E-state index in [1.165, 1.54) is 0 Å². The Hall–Kier alpha value is 0.440. The molecule has 0 rings (SSSR count). The van der Waals surface area contributed by atoms with Crippen LogP contribution >= 0.6 is 31.3 Å². The average molecular weight is 652 g/mol. The largest absolute Gasteiger partial charge is 0.472 e. The third-order valence-electron chi connectivity index (χ3n) is 4.87. The summed E-state index contributed by atoms with van der Waals surface area (Å²) in [5.74, 6) is -0.564. The fourth-order valence-electron chi connectivity index (χ4n) is 2.91. The Kier molecular flexibility index (Phi) is 18.4. The van der Waals surface area contributed by atoms with Gasteiger partial charge in [-0.15, -0.1) is 0 Å². The molecule has 5 atom stereocenters. The molecule has 0 aliphatic rings. The third-order valence-corrected chi connectivity index (χ3v) is 8.34. The summed E-state index contributed by atoms with van der Waals surface area (Å²) >= 11 is 0. The van der Waals surface area contributed by atoms with Crippen LogP contribution in [0.4, 0.5) is 0 Å². The van der Waals surface area contributed by atoms with Gasteiger partial charge in [-0.25, -0.2) is 18.3 Å². The van der Waals surface area contributed by atoms with Gasteiger partial charge >= 0.3 is 31.3 Å². The van der Waals surface area contributed by atoms with Crippen LogP contribution in [0, 0.1) is 17.3 Å². The van der Waals surface area contributed by atoms with Crippen LogP contribution in [0.5, 0.6) is 0 Å². The minimum atomic E-state index is -4.65. The topological polar surface area (TPSA) is 234 Å². The molecule has 5 unspecified atom stereocenters. The van der Waals surface area contributed by atoms with E-state index < -0.39 is 63.6 Å². The first kappa shape index (κ1) is 39.4. The first-order chi connectivity index (χ1) is 17.7. The molecule has 0 saturated heterocycles. The molecule has 5 N–H and O–H groups in total. The number of rotatable bonds is 23. The van der Waals surface area contributed by atoms with Crippen molar-refractivity contribution in [1.82, 2.24) is 0 Å². The minimum absolute atomic E-state index is 0.0152. The average Bonchev–Trinajstić information content (AvgIpc) is 2.78. The summed E-state index contributed by atoms with van der Waals surface area (Å²) in [6.45, 7) is 7.12. The van der Waals surface area contributed by atoms with Crippen molar-refractivity contribution in [3.8, 4) is 0 Å². The molecule has 20 heteroatoms. The summed E-state index contributed by atoms with van der Waals surface area (Å²) in [7, 11) is -18.2. The van der Waals surface area contributed by atoms with Gasteiger partial charge in [0.1, 0.15) is 0 Å². The predicted molar refractivity (Wildman–Crippen MR) is 139 cm³/mol. The van der Waals surface area contributed by atoms with Crippen LogP contribution in [-0.4, -0.2) is 70.7 Å². The predicted octanol–water partition coefficient (Wildman–Crippen LogP) is 4.38. The molecule has 0 bridgehead atoms. The lowest BCUT2D eigenvalue weighted by molar-refractivity contribution is 0.0752. The van der Waals surface area contributed by atoms with Crippen molar-refractivity contribution in [3.63, 3.8) is 0 Å². The Morgan fingerprint density at radius 1 is 0.564 bits per heavy atom. The van der Waals surface area contributed by atoms with E-state index in [9.17, 15) is 32.9 Å². The Labute approximate surface area is 229 Å². The molecule has 0 aromatic heterocycles. The van der Waals surface area contributed by atoms with Crippen molar-refractivity contribution in [3.05, 3.63) is 0 Å². The highest BCUT2D eigenvalue weighted by Crippen LogP contribution is 2.47. The maximum atomic E-state index is 12.1. The molecule has 0 spiro atoms. The van der Waals surface area contributed by atoms with E-state index in [1.54, 1.807) is 6.92 Å². The molecule has 16 nitrogen and oxygen atoms in total. The summed E-state index contributed by atoms with van der Waals surface area (Å²) < 4.78 is 79.6. The highest BCUT2D eigenvalue weighted by atomic mass is 31.2. The second-order valence-electron chi connectivity index (χ2n) is 9.78. The molecule has 0 fully saturated rings. The maximum Gasteiger partial charge on any atom is 0.472 e. The van der Waals surface area contributed by atoms with Gasteiger partial charge in [0.15, 0.2) is 0 Å². The molecule has 0 aromatic rings. The number of phosphoric ester groups is 4. The van der Waals surface area contributed by atoms with E-state index in [0.717, 1.165) is 12.8 Å². The standard InChI is InChI=1S/C19H44O16P4/c1-6-17(13-19(3,4)5)14-33-38(25,26)31-11-12-32-39(27,28)35-16-18(7-2)15-34-37(23,24)30-10-8-9-29-36(20,21)22/h17-18H,6-16H2,1-5H3,(H,23,24)(H,25,26)(H,27,28)(H2,20,21,22). The van der Waals surface area contributed by atoms with E-state index >= 15 is 0 Å². The van der Waals surface area contributed by atoms with Crippen molar-refractivity contribution < 1.29 is 74.4 Å². The fourth-order valence-corrected chi connectivity index (χ4v) is 5.67.